The fourth-order valence-corrected chi connectivity index (χ4v) is 3.62. The van der Waals surface area contributed by atoms with Crippen LogP contribution in [0.3, 0.4) is 0 Å². The lowest BCUT2D eigenvalue weighted by Gasteiger charge is -2.17. The van der Waals surface area contributed by atoms with Crippen molar-refractivity contribution in [3.63, 3.8) is 0 Å². The van der Waals surface area contributed by atoms with Crippen molar-refractivity contribution in [2.45, 2.75) is 13.1 Å². The molecule has 0 saturated heterocycles. The maximum atomic E-state index is 12.5. The minimum absolute atomic E-state index is 0.256. The lowest BCUT2D eigenvalue weighted by atomic mass is 9.99. The fourth-order valence-electron chi connectivity index (χ4n) is 3.62. The first kappa shape index (κ1) is 22.2. The van der Waals surface area contributed by atoms with Crippen molar-refractivity contribution >= 4 is 27.8 Å². The van der Waals surface area contributed by atoms with Gasteiger partial charge in [-0.25, -0.2) is 9.78 Å². The number of ether oxygens (including phenoxy) is 4. The van der Waals surface area contributed by atoms with Crippen LogP contribution in [0, 0.1) is 6.92 Å². The molecule has 2 heterocycles. The van der Waals surface area contributed by atoms with Crippen molar-refractivity contribution in [3.05, 3.63) is 36.0 Å². The molecule has 2 aromatic heterocycles. The van der Waals surface area contributed by atoms with Crippen molar-refractivity contribution in [2.75, 3.05) is 21.3 Å². The summed E-state index contributed by atoms with van der Waals surface area (Å²) < 4.78 is 58.5. The van der Waals surface area contributed by atoms with Gasteiger partial charge in [0.1, 0.15) is 5.75 Å². The summed E-state index contributed by atoms with van der Waals surface area (Å²) in [5.74, 6) is -1.40. The van der Waals surface area contributed by atoms with E-state index in [0.29, 0.717) is 39.5 Å². The third-order valence-electron chi connectivity index (χ3n) is 5.05. The van der Waals surface area contributed by atoms with Gasteiger partial charge in [0.15, 0.2) is 17.1 Å². The summed E-state index contributed by atoms with van der Waals surface area (Å²) in [6.07, 6.45) is -5.09. The van der Waals surface area contributed by atoms with Crippen LogP contribution in [-0.2, 0) is 4.79 Å². The second-order valence-corrected chi connectivity index (χ2v) is 6.99. The highest BCUT2D eigenvalue weighted by atomic mass is 19.4. The van der Waals surface area contributed by atoms with E-state index in [0.717, 1.165) is 16.5 Å². The largest absolute Gasteiger partial charge is 0.493 e. The molecule has 4 rings (SSSR count). The van der Waals surface area contributed by atoms with Gasteiger partial charge < -0.3 is 18.9 Å². The number of rotatable bonds is 5. The number of benzene rings is 2. The molecule has 172 valence electrons. The number of alkyl halides is 3. The average Bonchev–Trinajstić information content (AvgIpc) is 3.17. The number of nitrogens with one attached hydrogen (secondary N) is 1. The Bertz CT molecular complexity index is 1360. The van der Waals surface area contributed by atoms with Gasteiger partial charge in [-0.05, 0) is 37.3 Å². The van der Waals surface area contributed by atoms with Crippen molar-refractivity contribution < 1.29 is 36.9 Å². The van der Waals surface area contributed by atoms with E-state index in [1.807, 2.05) is 6.92 Å². The number of halogens is 3. The lowest BCUT2D eigenvalue weighted by molar-refractivity contribution is -0.189. The highest BCUT2D eigenvalue weighted by molar-refractivity contribution is 6.15. The van der Waals surface area contributed by atoms with E-state index in [-0.39, 0.29) is 5.75 Å². The summed E-state index contributed by atoms with van der Waals surface area (Å²) in [4.78, 5) is 15.8. The van der Waals surface area contributed by atoms with Gasteiger partial charge in [0.2, 0.25) is 5.75 Å². The summed E-state index contributed by atoms with van der Waals surface area (Å²) in [6, 6.07) is 7.26. The number of fused-ring (bicyclic) bond motifs is 3. The number of carbonyl (C=O) groups is 1. The van der Waals surface area contributed by atoms with Crippen LogP contribution in [0.2, 0.25) is 0 Å². The molecule has 0 radical (unpaired) electrons. The average molecular weight is 461 g/mol. The van der Waals surface area contributed by atoms with E-state index >= 15 is 0 Å². The second-order valence-electron chi connectivity index (χ2n) is 6.99. The second kappa shape index (κ2) is 8.15. The lowest BCUT2D eigenvalue weighted by Crippen LogP contribution is -2.27. The Labute approximate surface area is 185 Å². The van der Waals surface area contributed by atoms with Gasteiger partial charge in [-0.2, -0.15) is 18.3 Å². The third kappa shape index (κ3) is 3.75. The van der Waals surface area contributed by atoms with Crippen LogP contribution < -0.4 is 18.9 Å². The molecule has 0 spiro atoms. The summed E-state index contributed by atoms with van der Waals surface area (Å²) in [6.45, 7) is 1.85. The van der Waals surface area contributed by atoms with Crippen LogP contribution in [0.4, 0.5) is 13.2 Å². The number of nitrogens with zero attached hydrogens (tertiary/aromatic N) is 2. The molecule has 0 atom stereocenters. The molecule has 0 aliphatic carbocycles. The number of methoxy groups -OCH3 is 3. The monoisotopic (exact) mass is 461 g/mol. The molecular weight excluding hydrogens is 443 g/mol. The molecule has 0 aliphatic rings. The van der Waals surface area contributed by atoms with Gasteiger partial charge in [-0.3, -0.25) is 5.10 Å². The summed E-state index contributed by atoms with van der Waals surface area (Å²) in [7, 11) is 4.46. The molecule has 1 N–H and O–H groups in total. The van der Waals surface area contributed by atoms with Crippen LogP contribution in [0.15, 0.2) is 30.3 Å². The fraction of sp³-hybridized carbons (Fsp3) is 0.227. The smallest absolute Gasteiger partial charge is 0.491 e. The van der Waals surface area contributed by atoms with Gasteiger partial charge in [0.25, 0.3) is 0 Å². The number of aromatic nitrogens is 3. The number of aryl methyl sites for hydroxylation is 1. The first-order chi connectivity index (χ1) is 15.7. The SMILES string of the molecule is COc1cc2c(c(-c3ccc(OC(=O)C(F)(F)F)cc3)nc3n[nH]c(C)c32)c(OC)c1OC. The van der Waals surface area contributed by atoms with Gasteiger partial charge in [-0.15, -0.1) is 0 Å². The van der Waals surface area contributed by atoms with Gasteiger partial charge in [0.05, 0.1) is 32.4 Å². The molecule has 0 fully saturated rings. The van der Waals surface area contributed by atoms with Crippen molar-refractivity contribution in [2.24, 2.45) is 0 Å². The number of aromatic amines is 1. The van der Waals surface area contributed by atoms with Crippen molar-refractivity contribution in [1.29, 1.82) is 0 Å². The summed E-state index contributed by atoms with van der Waals surface area (Å²) in [5, 5.41) is 9.22. The molecule has 0 aliphatic heterocycles. The quantitative estimate of drug-likeness (QED) is 0.343. The molecule has 4 aromatic rings. The number of esters is 1. The molecule has 0 bridgehead atoms. The number of carbonyl (C=O) groups excluding carboxylic acids is 1. The normalized spacial score (nSPS) is 11.6. The Morgan fingerprint density at radius 1 is 0.970 bits per heavy atom. The molecule has 0 unspecified atom stereocenters. The summed E-state index contributed by atoms with van der Waals surface area (Å²) >= 11 is 0. The molecule has 8 nitrogen and oxygen atoms in total. The van der Waals surface area contributed by atoms with E-state index in [1.54, 1.807) is 6.07 Å². The molecule has 2 aromatic carbocycles. The Morgan fingerprint density at radius 3 is 2.21 bits per heavy atom. The minimum atomic E-state index is -5.09. The zero-order chi connectivity index (χ0) is 23.9. The van der Waals surface area contributed by atoms with Crippen LogP contribution in [0.1, 0.15) is 5.69 Å². The first-order valence-corrected chi connectivity index (χ1v) is 9.56. The predicted molar refractivity (Wildman–Crippen MR) is 113 cm³/mol. The van der Waals surface area contributed by atoms with Gasteiger partial charge >= 0.3 is 12.1 Å². The maximum Gasteiger partial charge on any atom is 0.491 e. The first-order valence-electron chi connectivity index (χ1n) is 9.56. The highest BCUT2D eigenvalue weighted by Gasteiger charge is 2.41. The van der Waals surface area contributed by atoms with Crippen molar-refractivity contribution in [3.8, 4) is 34.3 Å². The van der Waals surface area contributed by atoms with Crippen LogP contribution in [0.25, 0.3) is 33.1 Å². The van der Waals surface area contributed by atoms with Crippen LogP contribution in [0.5, 0.6) is 23.0 Å². The minimum Gasteiger partial charge on any atom is -0.493 e. The van der Waals surface area contributed by atoms with Crippen LogP contribution in [-0.4, -0.2) is 48.7 Å². The van der Waals surface area contributed by atoms with E-state index < -0.39 is 12.1 Å². The zero-order valence-electron chi connectivity index (χ0n) is 18.0. The number of H-pyrrole nitrogens is 1. The molecule has 33 heavy (non-hydrogen) atoms. The predicted octanol–water partition coefficient (Wildman–Crippen LogP) is 4.58. The highest BCUT2D eigenvalue weighted by Crippen LogP contribution is 2.48. The molecular formula is C22H18F3N3O5. The topological polar surface area (TPSA) is 95.6 Å². The molecule has 11 heteroatoms. The maximum absolute atomic E-state index is 12.5. The third-order valence-corrected chi connectivity index (χ3v) is 5.05. The molecule has 0 saturated carbocycles. The van der Waals surface area contributed by atoms with E-state index in [9.17, 15) is 18.0 Å². The van der Waals surface area contributed by atoms with Crippen LogP contribution >= 0.6 is 0 Å². The standard InChI is InChI=1S/C22H18F3N3O5/c1-10-15-13-9-14(30-2)18(31-3)19(32-4)16(13)17(26-20(15)28-27-10)11-5-7-12(8-6-11)33-21(29)22(23,24)25/h5-9H,1-4H3,(H,26,27,28). The number of hydrogen-bond donors (Lipinski definition) is 1. The van der Waals surface area contributed by atoms with E-state index in [4.69, 9.17) is 14.2 Å². The van der Waals surface area contributed by atoms with Crippen molar-refractivity contribution in [1.82, 2.24) is 15.2 Å². The van der Waals surface area contributed by atoms with Gasteiger partial charge in [-0.1, -0.05) is 0 Å². The summed E-state index contributed by atoms with van der Waals surface area (Å²) in [5.41, 5.74) is 2.17. The Morgan fingerprint density at radius 2 is 1.64 bits per heavy atom. The Hall–Kier alpha value is -4.02. The van der Waals surface area contributed by atoms with E-state index in [1.165, 1.54) is 45.6 Å². The number of hydrogen-bond acceptors (Lipinski definition) is 7. The molecule has 0 amide bonds. The Kier molecular flexibility index (Phi) is 5.48. The van der Waals surface area contributed by atoms with E-state index in [2.05, 4.69) is 19.9 Å². The van der Waals surface area contributed by atoms with Gasteiger partial charge in [0, 0.05) is 22.0 Å². The number of pyridine rings is 1. The zero-order valence-corrected chi connectivity index (χ0v) is 18.0. The Balaban J connectivity index is 1.96.